The van der Waals surface area contributed by atoms with Gasteiger partial charge in [-0.3, -0.25) is 0 Å². The number of carbonyl (C=O) groups is 1. The minimum Gasteiger partial charge on any atom is -0.476 e. The van der Waals surface area contributed by atoms with Gasteiger partial charge in [-0.2, -0.15) is 5.10 Å². The van der Waals surface area contributed by atoms with Crippen LogP contribution in [0.3, 0.4) is 0 Å². The number of hydrogen-bond acceptors (Lipinski definition) is 2. The first kappa shape index (κ1) is 14.9. The zero-order valence-electron chi connectivity index (χ0n) is 11.3. The molecule has 0 amide bonds. The van der Waals surface area contributed by atoms with E-state index in [1.807, 2.05) is 13.8 Å². The van der Waals surface area contributed by atoms with E-state index in [0.717, 1.165) is 5.69 Å². The second-order valence-electron chi connectivity index (χ2n) is 4.83. The molecule has 0 fully saturated rings. The van der Waals surface area contributed by atoms with E-state index < -0.39 is 5.97 Å². The second kappa shape index (κ2) is 5.46. The molecule has 1 heterocycles. The minimum atomic E-state index is -1.05. The van der Waals surface area contributed by atoms with E-state index in [2.05, 4.69) is 5.10 Å². The molecule has 0 spiro atoms. The molecule has 0 bridgehead atoms. The molecule has 0 aliphatic heterocycles. The molecule has 1 N–H and O–H groups in total. The molecule has 0 radical (unpaired) electrons. The van der Waals surface area contributed by atoms with Crippen molar-refractivity contribution in [2.24, 2.45) is 0 Å². The predicted octanol–water partition coefficient (Wildman–Crippen LogP) is 4.31. The van der Waals surface area contributed by atoms with Crippen molar-refractivity contribution in [1.29, 1.82) is 0 Å². The summed E-state index contributed by atoms with van der Waals surface area (Å²) in [4.78, 5) is 11.3. The highest BCUT2D eigenvalue weighted by Gasteiger charge is 2.23. The van der Waals surface area contributed by atoms with Crippen LogP contribution >= 0.6 is 23.2 Å². The first-order valence-corrected chi connectivity index (χ1v) is 6.86. The molecule has 20 heavy (non-hydrogen) atoms. The van der Waals surface area contributed by atoms with Crippen LogP contribution in [0, 0.1) is 6.92 Å². The van der Waals surface area contributed by atoms with Gasteiger partial charge in [0.15, 0.2) is 5.69 Å². The zero-order valence-corrected chi connectivity index (χ0v) is 12.8. The lowest BCUT2D eigenvalue weighted by molar-refractivity contribution is 0.0689. The van der Waals surface area contributed by atoms with Crippen molar-refractivity contribution >= 4 is 29.2 Å². The van der Waals surface area contributed by atoms with Crippen LogP contribution < -0.4 is 0 Å². The summed E-state index contributed by atoms with van der Waals surface area (Å²) in [5, 5.41) is 14.3. The Hall–Kier alpha value is -1.52. The molecule has 1 aromatic carbocycles. The Labute approximate surface area is 126 Å². The van der Waals surface area contributed by atoms with Crippen LogP contribution in [0.4, 0.5) is 0 Å². The highest BCUT2D eigenvalue weighted by atomic mass is 35.5. The SMILES string of the molecule is Cc1c(C(=O)O)nn(-c2ccc(Cl)cc2Cl)c1C(C)C. The van der Waals surface area contributed by atoms with Gasteiger partial charge in [0.05, 0.1) is 16.4 Å². The molecule has 1 aromatic heterocycles. The van der Waals surface area contributed by atoms with Crippen molar-refractivity contribution in [2.75, 3.05) is 0 Å². The van der Waals surface area contributed by atoms with Gasteiger partial charge in [0.25, 0.3) is 0 Å². The number of aromatic carboxylic acids is 1. The van der Waals surface area contributed by atoms with Crippen molar-refractivity contribution in [2.45, 2.75) is 26.7 Å². The monoisotopic (exact) mass is 312 g/mol. The maximum atomic E-state index is 11.3. The quantitative estimate of drug-likeness (QED) is 0.918. The summed E-state index contributed by atoms with van der Waals surface area (Å²) in [6.45, 7) is 5.72. The van der Waals surface area contributed by atoms with Gasteiger partial charge in [-0.15, -0.1) is 0 Å². The standard InChI is InChI=1S/C14H14Cl2N2O2/c1-7(2)13-8(3)12(14(19)20)17-18(13)11-5-4-9(15)6-10(11)16/h4-7H,1-3H3,(H,19,20). The van der Waals surface area contributed by atoms with E-state index in [-0.39, 0.29) is 11.6 Å². The molecule has 0 saturated heterocycles. The fourth-order valence-electron chi connectivity index (χ4n) is 2.23. The summed E-state index contributed by atoms with van der Waals surface area (Å²) < 4.78 is 1.59. The number of aromatic nitrogens is 2. The number of nitrogens with zero attached hydrogens (tertiary/aromatic N) is 2. The summed E-state index contributed by atoms with van der Waals surface area (Å²) in [7, 11) is 0. The number of carboxylic acids is 1. The largest absolute Gasteiger partial charge is 0.476 e. The Balaban J connectivity index is 2.73. The lowest BCUT2D eigenvalue weighted by Gasteiger charge is -2.12. The van der Waals surface area contributed by atoms with Crippen LogP contribution in [0.5, 0.6) is 0 Å². The number of halogens is 2. The lowest BCUT2D eigenvalue weighted by atomic mass is 10.0. The van der Waals surface area contributed by atoms with Gasteiger partial charge >= 0.3 is 5.97 Å². The fourth-order valence-corrected chi connectivity index (χ4v) is 2.72. The molecule has 6 heteroatoms. The molecule has 4 nitrogen and oxygen atoms in total. The van der Waals surface area contributed by atoms with Gasteiger partial charge in [-0.1, -0.05) is 37.0 Å². The van der Waals surface area contributed by atoms with E-state index in [4.69, 9.17) is 23.2 Å². The van der Waals surface area contributed by atoms with E-state index in [1.54, 1.807) is 29.8 Å². The van der Waals surface area contributed by atoms with Gasteiger partial charge < -0.3 is 5.11 Å². The van der Waals surface area contributed by atoms with Gasteiger partial charge in [0, 0.05) is 10.6 Å². The van der Waals surface area contributed by atoms with Crippen molar-refractivity contribution in [3.05, 3.63) is 45.2 Å². The Morgan fingerprint density at radius 1 is 1.35 bits per heavy atom. The molecule has 0 unspecified atom stereocenters. The minimum absolute atomic E-state index is 0.0414. The van der Waals surface area contributed by atoms with Crippen molar-refractivity contribution < 1.29 is 9.90 Å². The third-order valence-corrected chi connectivity index (χ3v) is 3.59. The van der Waals surface area contributed by atoms with Crippen molar-refractivity contribution in [1.82, 2.24) is 9.78 Å². The molecule has 0 saturated carbocycles. The van der Waals surface area contributed by atoms with E-state index >= 15 is 0 Å². The molecule has 0 aliphatic carbocycles. The average molecular weight is 313 g/mol. The molecule has 0 atom stereocenters. The molecular formula is C14H14Cl2N2O2. The summed E-state index contributed by atoms with van der Waals surface area (Å²) in [6.07, 6.45) is 0. The highest BCUT2D eigenvalue weighted by molar-refractivity contribution is 6.35. The van der Waals surface area contributed by atoms with E-state index in [0.29, 0.717) is 21.3 Å². The summed E-state index contributed by atoms with van der Waals surface area (Å²) in [6, 6.07) is 5.04. The van der Waals surface area contributed by atoms with Crippen LogP contribution in [0.2, 0.25) is 10.0 Å². The third-order valence-electron chi connectivity index (χ3n) is 3.05. The number of rotatable bonds is 3. The van der Waals surface area contributed by atoms with E-state index in [9.17, 15) is 9.90 Å². The molecule has 2 rings (SSSR count). The van der Waals surface area contributed by atoms with Gasteiger partial charge in [-0.25, -0.2) is 9.48 Å². The fraction of sp³-hybridized carbons (Fsp3) is 0.286. The second-order valence-corrected chi connectivity index (χ2v) is 5.67. The number of benzene rings is 1. The molecular weight excluding hydrogens is 299 g/mol. The highest BCUT2D eigenvalue weighted by Crippen LogP contribution is 2.30. The summed E-state index contributed by atoms with van der Waals surface area (Å²) in [5.41, 5.74) is 2.14. The average Bonchev–Trinajstić information content (AvgIpc) is 2.66. The first-order chi connectivity index (χ1) is 9.32. The predicted molar refractivity (Wildman–Crippen MR) is 79.4 cm³/mol. The van der Waals surface area contributed by atoms with Gasteiger partial charge in [0.1, 0.15) is 0 Å². The van der Waals surface area contributed by atoms with Crippen LogP contribution in [0.25, 0.3) is 5.69 Å². The summed E-state index contributed by atoms with van der Waals surface area (Å²) in [5.74, 6) is -0.935. The Kier molecular flexibility index (Phi) is 4.06. The molecule has 106 valence electrons. The van der Waals surface area contributed by atoms with Crippen LogP contribution in [-0.4, -0.2) is 20.9 Å². The molecule has 2 aromatic rings. The maximum Gasteiger partial charge on any atom is 0.356 e. The zero-order chi connectivity index (χ0) is 15.0. The van der Waals surface area contributed by atoms with Crippen LogP contribution in [-0.2, 0) is 0 Å². The third kappa shape index (κ3) is 2.53. The number of hydrogen-bond donors (Lipinski definition) is 1. The number of carboxylic acid groups (broad SMARTS) is 1. The summed E-state index contributed by atoms with van der Waals surface area (Å²) >= 11 is 12.1. The van der Waals surface area contributed by atoms with Crippen LogP contribution in [0.1, 0.15) is 41.5 Å². The smallest absolute Gasteiger partial charge is 0.356 e. The first-order valence-electron chi connectivity index (χ1n) is 6.11. The normalized spacial score (nSPS) is 11.1. The maximum absolute atomic E-state index is 11.3. The topological polar surface area (TPSA) is 55.1 Å². The van der Waals surface area contributed by atoms with Crippen molar-refractivity contribution in [3.8, 4) is 5.69 Å². The van der Waals surface area contributed by atoms with Crippen molar-refractivity contribution in [3.63, 3.8) is 0 Å². The Morgan fingerprint density at radius 3 is 2.50 bits per heavy atom. The Bertz CT molecular complexity index is 678. The lowest BCUT2D eigenvalue weighted by Crippen LogP contribution is -2.05. The van der Waals surface area contributed by atoms with E-state index in [1.165, 1.54) is 0 Å². The van der Waals surface area contributed by atoms with Gasteiger partial charge in [-0.05, 0) is 31.0 Å². The van der Waals surface area contributed by atoms with Crippen LogP contribution in [0.15, 0.2) is 18.2 Å². The molecule has 0 aliphatic rings. The van der Waals surface area contributed by atoms with Gasteiger partial charge in [0.2, 0.25) is 0 Å². The Morgan fingerprint density at radius 2 is 2.00 bits per heavy atom.